The second-order valence-electron chi connectivity index (χ2n) is 1.97. The SMILES string of the molecule is CCOC(CC(Cl)Cl)OCC. The molecule has 0 aromatic carbocycles. The predicted octanol–water partition coefficient (Wildman–Crippen LogP) is 2.58. The molecule has 0 aromatic rings. The van der Waals surface area contributed by atoms with Crippen molar-refractivity contribution in [3.05, 3.63) is 0 Å². The Labute approximate surface area is 77.8 Å². The first kappa shape index (κ1) is 11.5. The molecule has 0 saturated carbocycles. The quantitative estimate of drug-likeness (QED) is 0.485. The molecular formula is C7H14Cl2O2. The van der Waals surface area contributed by atoms with Crippen LogP contribution in [0.2, 0.25) is 0 Å². The van der Waals surface area contributed by atoms with Crippen LogP contribution < -0.4 is 0 Å². The van der Waals surface area contributed by atoms with Gasteiger partial charge in [0.1, 0.15) is 4.84 Å². The van der Waals surface area contributed by atoms with E-state index in [-0.39, 0.29) is 6.29 Å². The van der Waals surface area contributed by atoms with Crippen molar-refractivity contribution in [1.29, 1.82) is 0 Å². The summed E-state index contributed by atoms with van der Waals surface area (Å²) >= 11 is 11.1. The van der Waals surface area contributed by atoms with Gasteiger partial charge in [-0.3, -0.25) is 0 Å². The minimum atomic E-state index is -0.418. The van der Waals surface area contributed by atoms with E-state index in [1.165, 1.54) is 0 Å². The fraction of sp³-hybridized carbons (Fsp3) is 1.00. The molecule has 0 aliphatic rings. The van der Waals surface area contributed by atoms with Crippen molar-refractivity contribution in [1.82, 2.24) is 0 Å². The maximum absolute atomic E-state index is 5.55. The number of rotatable bonds is 6. The first-order chi connectivity index (χ1) is 5.20. The molecule has 0 aliphatic carbocycles. The highest BCUT2D eigenvalue weighted by Crippen LogP contribution is 2.13. The number of ether oxygens (including phenoxy) is 2. The third-order valence-corrected chi connectivity index (χ3v) is 1.43. The largest absolute Gasteiger partial charge is 0.353 e. The predicted molar refractivity (Wildman–Crippen MR) is 47.2 cm³/mol. The molecule has 4 heteroatoms. The van der Waals surface area contributed by atoms with E-state index < -0.39 is 4.84 Å². The fourth-order valence-corrected chi connectivity index (χ4v) is 0.992. The Balaban J connectivity index is 3.50. The van der Waals surface area contributed by atoms with Crippen LogP contribution in [0.3, 0.4) is 0 Å². The van der Waals surface area contributed by atoms with Gasteiger partial charge in [0.25, 0.3) is 0 Å². The van der Waals surface area contributed by atoms with Crippen LogP contribution in [-0.2, 0) is 9.47 Å². The summed E-state index contributed by atoms with van der Waals surface area (Å²) in [6.45, 7) is 5.04. The number of hydrogen-bond acceptors (Lipinski definition) is 2. The highest BCUT2D eigenvalue weighted by molar-refractivity contribution is 6.44. The lowest BCUT2D eigenvalue weighted by Gasteiger charge is -2.16. The van der Waals surface area contributed by atoms with Crippen LogP contribution in [0.4, 0.5) is 0 Å². The van der Waals surface area contributed by atoms with E-state index in [9.17, 15) is 0 Å². The Morgan fingerprint density at radius 2 is 1.55 bits per heavy atom. The number of halogens is 2. The molecular weight excluding hydrogens is 187 g/mol. The van der Waals surface area contributed by atoms with Gasteiger partial charge in [0, 0.05) is 19.6 Å². The van der Waals surface area contributed by atoms with Crippen molar-refractivity contribution in [2.45, 2.75) is 31.4 Å². The smallest absolute Gasteiger partial charge is 0.160 e. The molecule has 0 atom stereocenters. The van der Waals surface area contributed by atoms with Gasteiger partial charge < -0.3 is 9.47 Å². The summed E-state index contributed by atoms with van der Waals surface area (Å²) in [5, 5.41) is 0. The zero-order chi connectivity index (χ0) is 8.69. The Hall–Kier alpha value is 0.500. The lowest BCUT2D eigenvalue weighted by atomic mass is 10.4. The summed E-state index contributed by atoms with van der Waals surface area (Å²) in [6, 6.07) is 0. The standard InChI is InChI=1S/C7H14Cl2O2/c1-3-10-7(11-4-2)5-6(8)9/h6-7H,3-5H2,1-2H3. The Bertz CT molecular complexity index is 82.5. The molecule has 0 fully saturated rings. The van der Waals surface area contributed by atoms with Gasteiger partial charge in [0.05, 0.1) is 0 Å². The average Bonchev–Trinajstić information content (AvgIpc) is 1.87. The highest BCUT2D eigenvalue weighted by atomic mass is 35.5. The Morgan fingerprint density at radius 3 is 1.82 bits per heavy atom. The van der Waals surface area contributed by atoms with E-state index in [4.69, 9.17) is 32.7 Å². The van der Waals surface area contributed by atoms with E-state index in [0.717, 1.165) is 0 Å². The van der Waals surface area contributed by atoms with Crippen LogP contribution in [0, 0.1) is 0 Å². The average molecular weight is 201 g/mol. The van der Waals surface area contributed by atoms with Crippen LogP contribution in [0.1, 0.15) is 20.3 Å². The van der Waals surface area contributed by atoms with E-state index in [1.54, 1.807) is 0 Å². The molecule has 0 spiro atoms. The first-order valence-electron chi connectivity index (χ1n) is 3.72. The van der Waals surface area contributed by atoms with Gasteiger partial charge >= 0.3 is 0 Å². The normalized spacial score (nSPS) is 11.5. The summed E-state index contributed by atoms with van der Waals surface area (Å²) in [6.07, 6.45) is 0.259. The summed E-state index contributed by atoms with van der Waals surface area (Å²) in [7, 11) is 0. The summed E-state index contributed by atoms with van der Waals surface area (Å²) in [4.78, 5) is -0.418. The molecule has 11 heavy (non-hydrogen) atoms. The van der Waals surface area contributed by atoms with Gasteiger partial charge in [-0.25, -0.2) is 0 Å². The van der Waals surface area contributed by atoms with Crippen molar-refractivity contribution in [2.75, 3.05) is 13.2 Å². The first-order valence-corrected chi connectivity index (χ1v) is 4.59. The maximum Gasteiger partial charge on any atom is 0.160 e. The minimum Gasteiger partial charge on any atom is -0.353 e. The summed E-state index contributed by atoms with van der Waals surface area (Å²) in [5.74, 6) is 0. The Morgan fingerprint density at radius 1 is 1.09 bits per heavy atom. The third-order valence-electron chi connectivity index (χ3n) is 1.08. The Kier molecular flexibility index (Phi) is 7.49. The molecule has 0 N–H and O–H groups in total. The molecule has 68 valence electrons. The van der Waals surface area contributed by atoms with E-state index in [2.05, 4.69) is 0 Å². The van der Waals surface area contributed by atoms with Crippen LogP contribution >= 0.6 is 23.2 Å². The number of alkyl halides is 2. The lowest BCUT2D eigenvalue weighted by molar-refractivity contribution is -0.137. The number of hydrogen-bond donors (Lipinski definition) is 0. The van der Waals surface area contributed by atoms with Crippen molar-refractivity contribution < 1.29 is 9.47 Å². The van der Waals surface area contributed by atoms with Crippen LogP contribution in [0.5, 0.6) is 0 Å². The molecule has 0 aliphatic heterocycles. The van der Waals surface area contributed by atoms with Gasteiger partial charge in [0.15, 0.2) is 6.29 Å². The summed E-state index contributed by atoms with van der Waals surface area (Å²) < 4.78 is 10.4. The van der Waals surface area contributed by atoms with Gasteiger partial charge in [-0.15, -0.1) is 23.2 Å². The molecule has 0 rings (SSSR count). The third kappa shape index (κ3) is 6.88. The molecule has 0 heterocycles. The highest BCUT2D eigenvalue weighted by Gasteiger charge is 2.11. The van der Waals surface area contributed by atoms with Gasteiger partial charge in [-0.05, 0) is 13.8 Å². The molecule has 0 aromatic heterocycles. The zero-order valence-corrected chi connectivity index (χ0v) is 8.36. The van der Waals surface area contributed by atoms with Gasteiger partial charge in [-0.1, -0.05) is 0 Å². The molecule has 0 bridgehead atoms. The van der Waals surface area contributed by atoms with Crippen molar-refractivity contribution in [3.63, 3.8) is 0 Å². The van der Waals surface area contributed by atoms with Crippen LogP contribution in [0.15, 0.2) is 0 Å². The molecule has 0 saturated heterocycles. The van der Waals surface area contributed by atoms with Crippen LogP contribution in [-0.4, -0.2) is 24.3 Å². The van der Waals surface area contributed by atoms with Crippen molar-refractivity contribution in [2.24, 2.45) is 0 Å². The summed E-state index contributed by atoms with van der Waals surface area (Å²) in [5.41, 5.74) is 0. The van der Waals surface area contributed by atoms with E-state index in [1.807, 2.05) is 13.8 Å². The van der Waals surface area contributed by atoms with Crippen molar-refractivity contribution >= 4 is 23.2 Å². The monoisotopic (exact) mass is 200 g/mol. The van der Waals surface area contributed by atoms with Gasteiger partial charge in [0.2, 0.25) is 0 Å². The molecule has 0 radical (unpaired) electrons. The van der Waals surface area contributed by atoms with Gasteiger partial charge in [-0.2, -0.15) is 0 Å². The topological polar surface area (TPSA) is 18.5 Å². The lowest BCUT2D eigenvalue weighted by Crippen LogP contribution is -2.19. The van der Waals surface area contributed by atoms with E-state index >= 15 is 0 Å². The zero-order valence-electron chi connectivity index (χ0n) is 6.85. The minimum absolute atomic E-state index is 0.259. The second kappa shape index (κ2) is 7.17. The van der Waals surface area contributed by atoms with E-state index in [0.29, 0.717) is 19.6 Å². The van der Waals surface area contributed by atoms with Crippen LogP contribution in [0.25, 0.3) is 0 Å². The van der Waals surface area contributed by atoms with Crippen molar-refractivity contribution in [3.8, 4) is 0 Å². The molecule has 2 nitrogen and oxygen atoms in total. The molecule has 0 amide bonds. The molecule has 0 unspecified atom stereocenters. The second-order valence-corrected chi connectivity index (χ2v) is 3.24. The maximum atomic E-state index is 5.55. The fourth-order valence-electron chi connectivity index (χ4n) is 0.701.